The van der Waals surface area contributed by atoms with Crippen LogP contribution in [0.4, 0.5) is 15.9 Å². The van der Waals surface area contributed by atoms with Gasteiger partial charge in [0.15, 0.2) is 18.2 Å². The Bertz CT molecular complexity index is 1440. The fourth-order valence-corrected chi connectivity index (χ4v) is 4.27. The second-order valence-electron chi connectivity index (χ2n) is 8.37. The maximum atomic E-state index is 14.7. The molecule has 3 heterocycles. The fourth-order valence-electron chi connectivity index (χ4n) is 4.11. The van der Waals surface area contributed by atoms with Crippen molar-refractivity contribution in [3.05, 3.63) is 69.0 Å². The summed E-state index contributed by atoms with van der Waals surface area (Å²) in [6.45, 7) is 2.51. The second kappa shape index (κ2) is 9.86. The Labute approximate surface area is 209 Å². The molecule has 12 heteroatoms. The average molecular weight is 514 g/mol. The Balaban J connectivity index is 1.52. The highest BCUT2D eigenvalue weighted by atomic mass is 35.5. The lowest BCUT2D eigenvalue weighted by atomic mass is 9.99. The lowest BCUT2D eigenvalue weighted by Crippen LogP contribution is -2.29. The van der Waals surface area contributed by atoms with Crippen LogP contribution in [0.2, 0.25) is 5.02 Å². The zero-order valence-corrected chi connectivity index (χ0v) is 20.0. The summed E-state index contributed by atoms with van der Waals surface area (Å²) in [6, 6.07) is 7.34. The molecule has 36 heavy (non-hydrogen) atoms. The standard InChI is InChI=1S/C24H21ClFN5O5/c1-11-7-18(24(35)36-10-19(33)16-5-6-20(30-29-16)28-12(2)32)31-17(11)8-13(9-21(31)34)22-15(27)4-3-14(25)23(22)26/h3-6,8-9,11,18H,7,10,27H2,1-2H3,(H,28,30,32). The molecule has 1 aliphatic heterocycles. The largest absolute Gasteiger partial charge is 0.456 e. The summed E-state index contributed by atoms with van der Waals surface area (Å²) >= 11 is 5.89. The highest BCUT2D eigenvalue weighted by molar-refractivity contribution is 6.31. The quantitative estimate of drug-likeness (QED) is 0.290. The lowest BCUT2D eigenvalue weighted by molar-refractivity contribution is -0.146. The van der Waals surface area contributed by atoms with Crippen LogP contribution >= 0.6 is 11.6 Å². The van der Waals surface area contributed by atoms with Gasteiger partial charge >= 0.3 is 5.97 Å². The number of carbonyl (C=O) groups is 3. The van der Waals surface area contributed by atoms with E-state index in [0.717, 1.165) is 0 Å². The number of hydrogen-bond acceptors (Lipinski definition) is 8. The SMILES string of the molecule is CC(=O)Nc1ccc(C(=O)COC(=O)C2CC(C)c3cc(-c4c(N)ccc(Cl)c4F)cc(=O)n32)nn1. The summed E-state index contributed by atoms with van der Waals surface area (Å²) in [7, 11) is 0. The van der Waals surface area contributed by atoms with E-state index in [1.54, 1.807) is 6.07 Å². The van der Waals surface area contributed by atoms with Gasteiger partial charge in [-0.2, -0.15) is 0 Å². The van der Waals surface area contributed by atoms with Gasteiger partial charge in [0, 0.05) is 29.9 Å². The first-order valence-electron chi connectivity index (χ1n) is 10.9. The van der Waals surface area contributed by atoms with Crippen LogP contribution in [0.1, 0.15) is 48.4 Å². The van der Waals surface area contributed by atoms with Gasteiger partial charge in [0.25, 0.3) is 5.56 Å². The second-order valence-corrected chi connectivity index (χ2v) is 8.78. The van der Waals surface area contributed by atoms with E-state index in [2.05, 4.69) is 15.5 Å². The van der Waals surface area contributed by atoms with E-state index in [1.807, 2.05) is 6.92 Å². The van der Waals surface area contributed by atoms with E-state index in [-0.39, 0.29) is 51.6 Å². The smallest absolute Gasteiger partial charge is 0.329 e. The number of ketones is 1. The highest BCUT2D eigenvalue weighted by Gasteiger charge is 2.36. The molecule has 0 radical (unpaired) electrons. The van der Waals surface area contributed by atoms with Crippen LogP contribution in [0.3, 0.4) is 0 Å². The Morgan fingerprint density at radius 3 is 2.64 bits per heavy atom. The van der Waals surface area contributed by atoms with Crippen LogP contribution < -0.4 is 16.6 Å². The predicted molar refractivity (Wildman–Crippen MR) is 129 cm³/mol. The summed E-state index contributed by atoms with van der Waals surface area (Å²) < 4.78 is 21.1. The molecular formula is C24H21ClFN5O5. The Morgan fingerprint density at radius 1 is 1.22 bits per heavy atom. The molecule has 3 aromatic rings. The van der Waals surface area contributed by atoms with Gasteiger partial charge in [-0.3, -0.25) is 19.0 Å². The van der Waals surface area contributed by atoms with Crippen LogP contribution in [-0.4, -0.2) is 39.0 Å². The third-order valence-electron chi connectivity index (χ3n) is 5.78. The van der Waals surface area contributed by atoms with Gasteiger partial charge in [0.2, 0.25) is 11.7 Å². The number of pyridine rings is 1. The van der Waals surface area contributed by atoms with Crippen molar-refractivity contribution < 1.29 is 23.5 Å². The number of nitrogens with zero attached hydrogens (tertiary/aromatic N) is 3. The number of nitrogens with one attached hydrogen (secondary N) is 1. The van der Waals surface area contributed by atoms with Gasteiger partial charge in [0.1, 0.15) is 11.7 Å². The molecular weight excluding hydrogens is 493 g/mol. The minimum atomic E-state index is -0.959. The number of Topliss-reactive ketones (excluding diaryl/α,β-unsaturated/α-hetero) is 1. The van der Waals surface area contributed by atoms with E-state index < -0.39 is 35.8 Å². The molecule has 1 aliphatic rings. The Morgan fingerprint density at radius 2 is 1.97 bits per heavy atom. The number of nitrogens with two attached hydrogens (primary N) is 1. The molecule has 2 unspecified atom stereocenters. The van der Waals surface area contributed by atoms with E-state index in [9.17, 15) is 23.6 Å². The minimum absolute atomic E-state index is 0.0115. The molecule has 3 N–H and O–H groups in total. The van der Waals surface area contributed by atoms with E-state index >= 15 is 0 Å². The van der Waals surface area contributed by atoms with Gasteiger partial charge in [-0.25, -0.2) is 9.18 Å². The normalized spacial score (nSPS) is 16.3. The van der Waals surface area contributed by atoms with Gasteiger partial charge in [0.05, 0.1) is 5.02 Å². The number of carbonyl (C=O) groups excluding carboxylic acids is 3. The van der Waals surface area contributed by atoms with Gasteiger partial charge < -0.3 is 15.8 Å². The summed E-state index contributed by atoms with van der Waals surface area (Å²) in [5, 5.41) is 9.72. The molecule has 4 rings (SSSR count). The monoisotopic (exact) mass is 513 g/mol. The number of halogens is 2. The maximum Gasteiger partial charge on any atom is 0.329 e. The van der Waals surface area contributed by atoms with Crippen LogP contribution in [0.15, 0.2) is 41.2 Å². The molecule has 186 valence electrons. The third kappa shape index (κ3) is 4.82. The number of amides is 1. The molecule has 1 amide bonds. The predicted octanol–water partition coefficient (Wildman–Crippen LogP) is 3.11. The number of nitrogen functional groups attached to an aromatic ring is 1. The lowest BCUT2D eigenvalue weighted by Gasteiger charge is -2.15. The summed E-state index contributed by atoms with van der Waals surface area (Å²) in [5.41, 5.74) is 6.22. The number of ether oxygens (including phenoxy) is 1. The van der Waals surface area contributed by atoms with E-state index in [0.29, 0.717) is 5.69 Å². The first-order valence-corrected chi connectivity index (χ1v) is 11.3. The molecule has 2 atom stereocenters. The summed E-state index contributed by atoms with van der Waals surface area (Å²) in [4.78, 5) is 49.2. The molecule has 0 aliphatic carbocycles. The van der Waals surface area contributed by atoms with Crippen molar-refractivity contribution in [2.24, 2.45) is 0 Å². The molecule has 0 saturated carbocycles. The van der Waals surface area contributed by atoms with Gasteiger partial charge in [-0.05, 0) is 48.2 Å². The summed E-state index contributed by atoms with van der Waals surface area (Å²) in [5.74, 6) is -2.51. The topological polar surface area (TPSA) is 146 Å². The van der Waals surface area contributed by atoms with Crippen molar-refractivity contribution >= 4 is 40.8 Å². The Hall–Kier alpha value is -4.12. The number of anilines is 2. The number of fused-ring (bicyclic) bond motifs is 1. The van der Waals surface area contributed by atoms with Crippen LogP contribution in [0, 0.1) is 5.82 Å². The van der Waals surface area contributed by atoms with Crippen molar-refractivity contribution in [2.75, 3.05) is 17.7 Å². The van der Waals surface area contributed by atoms with Crippen molar-refractivity contribution in [3.63, 3.8) is 0 Å². The van der Waals surface area contributed by atoms with Crippen molar-refractivity contribution in [2.45, 2.75) is 32.2 Å². The summed E-state index contributed by atoms with van der Waals surface area (Å²) in [6.07, 6.45) is 0.254. The number of aromatic nitrogens is 3. The number of hydrogen-bond donors (Lipinski definition) is 2. The molecule has 0 saturated heterocycles. The first kappa shape index (κ1) is 25.0. The minimum Gasteiger partial charge on any atom is -0.456 e. The molecule has 1 aromatic carbocycles. The highest BCUT2D eigenvalue weighted by Crippen LogP contribution is 2.39. The molecule has 0 fully saturated rings. The number of benzene rings is 1. The number of rotatable bonds is 6. The van der Waals surface area contributed by atoms with Gasteiger partial charge in [-0.15, -0.1) is 10.2 Å². The van der Waals surface area contributed by atoms with Crippen molar-refractivity contribution in [1.82, 2.24) is 14.8 Å². The van der Waals surface area contributed by atoms with Gasteiger partial charge in [-0.1, -0.05) is 18.5 Å². The molecule has 10 nitrogen and oxygen atoms in total. The van der Waals surface area contributed by atoms with Crippen molar-refractivity contribution in [3.8, 4) is 11.1 Å². The third-order valence-corrected chi connectivity index (χ3v) is 6.07. The zero-order valence-electron chi connectivity index (χ0n) is 19.2. The van der Waals surface area contributed by atoms with Crippen LogP contribution in [0.5, 0.6) is 0 Å². The van der Waals surface area contributed by atoms with Crippen molar-refractivity contribution in [1.29, 1.82) is 0 Å². The number of esters is 1. The van der Waals surface area contributed by atoms with Crippen LogP contribution in [-0.2, 0) is 14.3 Å². The molecule has 2 aromatic heterocycles. The maximum absolute atomic E-state index is 14.7. The van der Waals surface area contributed by atoms with E-state index in [1.165, 1.54) is 41.8 Å². The molecule has 0 spiro atoms. The fraction of sp³-hybridized carbons (Fsp3) is 0.250. The Kier molecular flexibility index (Phi) is 6.84. The van der Waals surface area contributed by atoms with E-state index in [4.69, 9.17) is 22.1 Å². The van der Waals surface area contributed by atoms with Crippen LogP contribution in [0.25, 0.3) is 11.1 Å². The first-order chi connectivity index (χ1) is 17.1. The molecule has 0 bridgehead atoms. The zero-order chi connectivity index (χ0) is 26.1. The average Bonchev–Trinajstić information content (AvgIpc) is 3.17.